The number of hydrogen-bond donors (Lipinski definition) is 1. The van der Waals surface area contributed by atoms with Gasteiger partial charge in [0.2, 0.25) is 0 Å². The van der Waals surface area contributed by atoms with Gasteiger partial charge in [-0.25, -0.2) is 0 Å². The summed E-state index contributed by atoms with van der Waals surface area (Å²) >= 11 is 7.51. The Morgan fingerprint density at radius 2 is 2.05 bits per heavy atom. The number of aryl methyl sites for hydroxylation is 1. The van der Waals surface area contributed by atoms with E-state index in [2.05, 4.69) is 50.4 Å². The summed E-state index contributed by atoms with van der Waals surface area (Å²) in [6, 6.07) is 10.4. The van der Waals surface area contributed by atoms with Crippen molar-refractivity contribution in [1.82, 2.24) is 5.32 Å². The first-order valence-corrected chi connectivity index (χ1v) is 8.43. The molecule has 0 saturated carbocycles. The van der Waals surface area contributed by atoms with Gasteiger partial charge in [-0.1, -0.05) is 31.5 Å². The third-order valence-corrected chi connectivity index (χ3v) is 4.45. The number of nitrogens with one attached hydrogen (secondary N) is 1. The maximum absolute atomic E-state index is 5.90. The molecule has 0 saturated heterocycles. The average Bonchev–Trinajstić information content (AvgIpc) is 2.83. The van der Waals surface area contributed by atoms with Crippen LogP contribution >= 0.6 is 22.9 Å². The fourth-order valence-electron chi connectivity index (χ4n) is 2.09. The first kappa shape index (κ1) is 16.3. The molecule has 0 bridgehead atoms. The van der Waals surface area contributed by atoms with Gasteiger partial charge in [-0.2, -0.15) is 0 Å². The van der Waals surface area contributed by atoms with Crippen LogP contribution in [0.25, 0.3) is 0 Å². The smallest absolute Gasteiger partial charge is 0.119 e. The van der Waals surface area contributed by atoms with E-state index in [1.54, 1.807) is 11.3 Å². The van der Waals surface area contributed by atoms with Crippen molar-refractivity contribution >= 4 is 22.9 Å². The van der Waals surface area contributed by atoms with Crippen LogP contribution in [-0.4, -0.2) is 13.2 Å². The summed E-state index contributed by atoms with van der Waals surface area (Å²) in [5, 5.41) is 3.36. The minimum absolute atomic E-state index is 0.522. The largest absolute Gasteiger partial charge is 0.492 e. The zero-order valence-electron chi connectivity index (χ0n) is 12.8. The summed E-state index contributed by atoms with van der Waals surface area (Å²) < 4.78 is 6.67. The van der Waals surface area contributed by atoms with Gasteiger partial charge in [-0.15, -0.1) is 11.3 Å². The van der Waals surface area contributed by atoms with Crippen molar-refractivity contribution in [3.8, 4) is 5.75 Å². The number of rotatable bonds is 7. The molecule has 2 nitrogen and oxygen atoms in total. The molecule has 0 atom stereocenters. The second-order valence-corrected chi connectivity index (χ2v) is 7.26. The van der Waals surface area contributed by atoms with Crippen LogP contribution in [0.2, 0.25) is 4.34 Å². The number of hydrogen-bond acceptors (Lipinski definition) is 3. The lowest BCUT2D eigenvalue weighted by molar-refractivity contribution is 0.313. The van der Waals surface area contributed by atoms with Crippen molar-refractivity contribution in [1.29, 1.82) is 0 Å². The minimum Gasteiger partial charge on any atom is -0.492 e. The van der Waals surface area contributed by atoms with E-state index in [-0.39, 0.29) is 0 Å². The Balaban J connectivity index is 1.75. The molecule has 0 radical (unpaired) electrons. The summed E-state index contributed by atoms with van der Waals surface area (Å²) in [5.74, 6) is 1.48. The quantitative estimate of drug-likeness (QED) is 0.724. The molecule has 114 valence electrons. The lowest BCUT2D eigenvalue weighted by Gasteiger charge is -2.12. The number of thiophene rings is 1. The van der Waals surface area contributed by atoms with E-state index in [0.717, 1.165) is 23.2 Å². The fraction of sp³-hybridized carbons (Fsp3) is 0.412. The molecule has 4 heteroatoms. The Kier molecular flexibility index (Phi) is 6.09. The number of ether oxygens (including phenoxy) is 1. The van der Waals surface area contributed by atoms with Crippen LogP contribution in [0.3, 0.4) is 0 Å². The molecule has 1 aromatic heterocycles. The third-order valence-electron chi connectivity index (χ3n) is 3.22. The second kappa shape index (κ2) is 7.83. The molecule has 0 spiro atoms. The third kappa shape index (κ3) is 5.34. The average molecular weight is 324 g/mol. The van der Waals surface area contributed by atoms with Crippen molar-refractivity contribution in [3.63, 3.8) is 0 Å². The van der Waals surface area contributed by atoms with E-state index < -0.39 is 0 Å². The van der Waals surface area contributed by atoms with E-state index in [1.807, 2.05) is 6.07 Å². The molecule has 2 aromatic rings. The summed E-state index contributed by atoms with van der Waals surface area (Å²) in [6.45, 7) is 8.84. The normalized spacial score (nSPS) is 11.1. The van der Waals surface area contributed by atoms with Crippen molar-refractivity contribution in [2.45, 2.75) is 33.2 Å². The SMILES string of the molecule is Cc1cc(OCCNCc2ccc(Cl)s2)cc(C(C)C)c1. The first-order valence-electron chi connectivity index (χ1n) is 7.24. The molecule has 1 aromatic carbocycles. The fourth-order valence-corrected chi connectivity index (χ4v) is 3.15. The van der Waals surface area contributed by atoms with Crippen LogP contribution in [0.15, 0.2) is 30.3 Å². The van der Waals surface area contributed by atoms with Gasteiger partial charge in [0.1, 0.15) is 12.4 Å². The molecule has 0 unspecified atom stereocenters. The Morgan fingerprint density at radius 1 is 1.24 bits per heavy atom. The molecule has 0 amide bonds. The van der Waals surface area contributed by atoms with E-state index in [1.165, 1.54) is 16.0 Å². The standard InChI is InChI=1S/C17H22ClNOS/c1-12(2)14-8-13(3)9-15(10-14)20-7-6-19-11-16-4-5-17(18)21-16/h4-5,8-10,12,19H,6-7,11H2,1-3H3. The molecular weight excluding hydrogens is 302 g/mol. The molecule has 0 aliphatic heterocycles. The Morgan fingerprint density at radius 3 is 2.71 bits per heavy atom. The topological polar surface area (TPSA) is 21.3 Å². The zero-order valence-corrected chi connectivity index (χ0v) is 14.4. The van der Waals surface area contributed by atoms with E-state index in [4.69, 9.17) is 16.3 Å². The monoisotopic (exact) mass is 323 g/mol. The highest BCUT2D eigenvalue weighted by atomic mass is 35.5. The van der Waals surface area contributed by atoms with Gasteiger partial charge in [0, 0.05) is 18.0 Å². The molecule has 2 rings (SSSR count). The minimum atomic E-state index is 0.522. The van der Waals surface area contributed by atoms with Crippen molar-refractivity contribution in [2.75, 3.05) is 13.2 Å². The van der Waals surface area contributed by atoms with Gasteiger partial charge in [-0.05, 0) is 48.2 Å². The highest BCUT2D eigenvalue weighted by Crippen LogP contribution is 2.23. The summed E-state index contributed by atoms with van der Waals surface area (Å²) in [5.41, 5.74) is 2.57. The van der Waals surface area contributed by atoms with E-state index >= 15 is 0 Å². The number of halogens is 1. The Bertz CT molecular complexity index is 580. The van der Waals surface area contributed by atoms with Gasteiger partial charge in [-0.3, -0.25) is 0 Å². The summed E-state index contributed by atoms with van der Waals surface area (Å²) in [6.07, 6.45) is 0. The Labute approximate surface area is 136 Å². The van der Waals surface area contributed by atoms with Gasteiger partial charge in [0.25, 0.3) is 0 Å². The van der Waals surface area contributed by atoms with Gasteiger partial charge in [0.05, 0.1) is 4.34 Å². The van der Waals surface area contributed by atoms with Crippen LogP contribution in [0, 0.1) is 6.92 Å². The molecule has 1 heterocycles. The molecular formula is C17H22ClNOS. The van der Waals surface area contributed by atoms with Crippen LogP contribution in [0.1, 0.15) is 35.8 Å². The predicted molar refractivity (Wildman–Crippen MR) is 91.8 cm³/mol. The van der Waals surface area contributed by atoms with Gasteiger partial charge < -0.3 is 10.1 Å². The molecule has 0 aliphatic rings. The zero-order chi connectivity index (χ0) is 15.2. The maximum Gasteiger partial charge on any atom is 0.119 e. The van der Waals surface area contributed by atoms with Crippen molar-refractivity contribution in [3.05, 3.63) is 50.7 Å². The van der Waals surface area contributed by atoms with Crippen LogP contribution in [0.5, 0.6) is 5.75 Å². The second-order valence-electron chi connectivity index (χ2n) is 5.47. The highest BCUT2D eigenvalue weighted by molar-refractivity contribution is 7.16. The van der Waals surface area contributed by atoms with Crippen molar-refractivity contribution < 1.29 is 4.74 Å². The summed E-state index contributed by atoms with van der Waals surface area (Å²) in [7, 11) is 0. The molecule has 1 N–H and O–H groups in total. The predicted octanol–water partition coefficient (Wildman–Crippen LogP) is 5.00. The van der Waals surface area contributed by atoms with E-state index in [0.29, 0.717) is 12.5 Å². The van der Waals surface area contributed by atoms with Crippen molar-refractivity contribution in [2.24, 2.45) is 0 Å². The molecule has 21 heavy (non-hydrogen) atoms. The first-order chi connectivity index (χ1) is 10.0. The lowest BCUT2D eigenvalue weighted by atomic mass is 10.0. The van der Waals surface area contributed by atoms with Crippen LogP contribution in [-0.2, 0) is 6.54 Å². The summed E-state index contributed by atoms with van der Waals surface area (Å²) in [4.78, 5) is 1.25. The van der Waals surface area contributed by atoms with Gasteiger partial charge >= 0.3 is 0 Å². The van der Waals surface area contributed by atoms with Gasteiger partial charge in [0.15, 0.2) is 0 Å². The van der Waals surface area contributed by atoms with Crippen LogP contribution in [0.4, 0.5) is 0 Å². The Hall–Kier alpha value is -1.03. The van der Waals surface area contributed by atoms with E-state index in [9.17, 15) is 0 Å². The maximum atomic E-state index is 5.90. The van der Waals surface area contributed by atoms with Crippen LogP contribution < -0.4 is 10.1 Å². The lowest BCUT2D eigenvalue weighted by Crippen LogP contribution is -2.20. The molecule has 0 fully saturated rings. The number of benzene rings is 1. The highest BCUT2D eigenvalue weighted by Gasteiger charge is 2.03. The molecule has 0 aliphatic carbocycles.